The number of fused-ring (bicyclic) bond motifs is 3. The fourth-order valence-electron chi connectivity index (χ4n) is 4.35. The first-order valence-corrected chi connectivity index (χ1v) is 10.9. The van der Waals surface area contributed by atoms with E-state index in [-0.39, 0.29) is 18.7 Å². The van der Waals surface area contributed by atoms with Gasteiger partial charge in [0.15, 0.2) is 11.2 Å². The number of ether oxygens (including phenoxy) is 1. The van der Waals surface area contributed by atoms with Crippen molar-refractivity contribution in [1.29, 1.82) is 0 Å². The normalized spacial score (nSPS) is 11.6. The summed E-state index contributed by atoms with van der Waals surface area (Å²) in [5, 5.41) is 0. The van der Waals surface area contributed by atoms with E-state index in [4.69, 9.17) is 9.72 Å². The topological polar surface area (TPSA) is 75.5 Å². The van der Waals surface area contributed by atoms with Gasteiger partial charge in [-0.05, 0) is 18.1 Å². The van der Waals surface area contributed by atoms with Gasteiger partial charge in [0, 0.05) is 25.9 Å². The number of rotatable bonds is 6. The number of methoxy groups -OCH3 is 1. The summed E-state index contributed by atoms with van der Waals surface area (Å²) in [5.41, 5.74) is 4.01. The number of aryl methyl sites for hydroxylation is 2. The molecule has 2 aromatic carbocycles. The van der Waals surface area contributed by atoms with E-state index in [1.165, 1.54) is 9.13 Å². The van der Waals surface area contributed by atoms with Gasteiger partial charge in [0.1, 0.15) is 0 Å². The first-order chi connectivity index (χ1) is 16.1. The minimum Gasteiger partial charge on any atom is -0.383 e. The van der Waals surface area contributed by atoms with Crippen LogP contribution in [0.4, 0.5) is 0 Å². The number of aromatic nitrogens is 5. The van der Waals surface area contributed by atoms with Gasteiger partial charge in [-0.25, -0.2) is 4.79 Å². The molecule has 0 atom stereocenters. The fourth-order valence-corrected chi connectivity index (χ4v) is 4.35. The van der Waals surface area contributed by atoms with Crippen LogP contribution in [0.1, 0.15) is 12.5 Å². The predicted octanol–water partition coefficient (Wildman–Crippen LogP) is 3.01. The van der Waals surface area contributed by atoms with Crippen molar-refractivity contribution in [3.05, 3.63) is 87.2 Å². The Morgan fingerprint density at radius 2 is 1.73 bits per heavy atom. The molecule has 5 aromatic rings. The third kappa shape index (κ3) is 3.22. The number of hydrogen-bond donors (Lipinski definition) is 0. The van der Waals surface area contributed by atoms with E-state index in [0.29, 0.717) is 16.9 Å². The van der Waals surface area contributed by atoms with Gasteiger partial charge in [-0.3, -0.25) is 22.9 Å². The van der Waals surface area contributed by atoms with Crippen LogP contribution in [0.2, 0.25) is 0 Å². The quantitative estimate of drug-likeness (QED) is 0.404. The van der Waals surface area contributed by atoms with E-state index < -0.39 is 5.69 Å². The summed E-state index contributed by atoms with van der Waals surface area (Å²) in [6.07, 6.45) is 2.77. The van der Waals surface area contributed by atoms with Crippen molar-refractivity contribution in [2.45, 2.75) is 19.9 Å². The van der Waals surface area contributed by atoms with Crippen molar-refractivity contribution in [1.82, 2.24) is 23.1 Å². The Morgan fingerprint density at radius 1 is 1.00 bits per heavy atom. The predicted molar refractivity (Wildman–Crippen MR) is 128 cm³/mol. The molecular weight excluding hydrogens is 418 g/mol. The fraction of sp³-hybridized carbons (Fsp3) is 0.240. The number of para-hydroxylation sites is 1. The smallest absolute Gasteiger partial charge is 0.332 e. The van der Waals surface area contributed by atoms with Crippen molar-refractivity contribution in [2.75, 3.05) is 13.7 Å². The lowest BCUT2D eigenvalue weighted by Crippen LogP contribution is -2.40. The van der Waals surface area contributed by atoms with E-state index >= 15 is 0 Å². The van der Waals surface area contributed by atoms with Gasteiger partial charge in [-0.1, -0.05) is 55.5 Å². The monoisotopic (exact) mass is 443 g/mol. The number of nitrogens with zero attached hydrogens (tertiary/aromatic N) is 5. The third-order valence-corrected chi connectivity index (χ3v) is 6.05. The molecule has 0 saturated carbocycles. The molecule has 0 radical (unpaired) electrons. The van der Waals surface area contributed by atoms with Crippen LogP contribution in [0.3, 0.4) is 0 Å². The van der Waals surface area contributed by atoms with E-state index in [1.54, 1.807) is 18.6 Å². The lowest BCUT2D eigenvalue weighted by atomic mass is 10.1. The summed E-state index contributed by atoms with van der Waals surface area (Å²) in [6.45, 7) is 2.56. The molecule has 0 amide bonds. The van der Waals surface area contributed by atoms with Crippen molar-refractivity contribution < 1.29 is 4.74 Å². The summed E-state index contributed by atoms with van der Waals surface area (Å²) < 4.78 is 11.6. The van der Waals surface area contributed by atoms with Gasteiger partial charge in [0.05, 0.1) is 24.5 Å². The highest BCUT2D eigenvalue weighted by molar-refractivity contribution is 5.79. The Balaban J connectivity index is 1.93. The molecule has 33 heavy (non-hydrogen) atoms. The zero-order valence-electron chi connectivity index (χ0n) is 18.9. The van der Waals surface area contributed by atoms with Crippen molar-refractivity contribution in [2.24, 2.45) is 7.05 Å². The van der Waals surface area contributed by atoms with Crippen LogP contribution >= 0.6 is 0 Å². The highest BCUT2D eigenvalue weighted by Gasteiger charge is 2.23. The molecular formula is C25H25N5O3. The van der Waals surface area contributed by atoms with E-state index in [2.05, 4.69) is 23.6 Å². The largest absolute Gasteiger partial charge is 0.383 e. The Bertz CT molecular complexity index is 1590. The molecule has 0 aliphatic carbocycles. The standard InChI is InChI=1S/C25H25N5O3/c1-4-17-10-8-9-13-19(17)30-20(18-11-6-5-7-12-18)16-29-21-22(26-24(29)30)27(2)25(32)28(23(21)31)14-15-33-3/h5-13,16H,4,14-15H2,1-3H3. The summed E-state index contributed by atoms with van der Waals surface area (Å²) >= 11 is 0. The van der Waals surface area contributed by atoms with Crippen LogP contribution in [-0.4, -0.2) is 36.8 Å². The lowest BCUT2D eigenvalue weighted by Gasteiger charge is -2.13. The number of imidazole rings is 2. The Hall–Kier alpha value is -3.91. The minimum absolute atomic E-state index is 0.177. The Kier molecular flexibility index (Phi) is 5.22. The molecule has 3 aromatic heterocycles. The molecule has 8 nitrogen and oxygen atoms in total. The number of benzene rings is 2. The molecule has 5 rings (SSSR count). The SMILES string of the molecule is CCc1ccccc1-n1c(-c2ccccc2)cn2c3c(=O)n(CCOC)c(=O)n(C)c3nc12. The maximum absolute atomic E-state index is 13.4. The van der Waals surface area contributed by atoms with Gasteiger partial charge in [-0.15, -0.1) is 0 Å². The average molecular weight is 444 g/mol. The average Bonchev–Trinajstić information content (AvgIpc) is 3.39. The zero-order chi connectivity index (χ0) is 23.1. The van der Waals surface area contributed by atoms with Crippen LogP contribution < -0.4 is 11.2 Å². The third-order valence-electron chi connectivity index (χ3n) is 6.05. The summed E-state index contributed by atoms with van der Waals surface area (Å²) in [6, 6.07) is 18.2. The molecule has 168 valence electrons. The molecule has 0 saturated heterocycles. The second-order valence-corrected chi connectivity index (χ2v) is 7.94. The van der Waals surface area contributed by atoms with Gasteiger partial charge in [-0.2, -0.15) is 4.98 Å². The molecule has 0 spiro atoms. The van der Waals surface area contributed by atoms with Crippen LogP contribution in [0.25, 0.3) is 33.9 Å². The molecule has 0 unspecified atom stereocenters. The first-order valence-electron chi connectivity index (χ1n) is 10.9. The molecule has 0 N–H and O–H groups in total. The minimum atomic E-state index is -0.408. The van der Waals surface area contributed by atoms with Gasteiger partial charge >= 0.3 is 5.69 Å². The van der Waals surface area contributed by atoms with Crippen molar-refractivity contribution >= 4 is 16.9 Å². The van der Waals surface area contributed by atoms with E-state index in [1.807, 2.05) is 48.7 Å². The second kappa shape index (κ2) is 8.22. The first kappa shape index (κ1) is 21.0. The van der Waals surface area contributed by atoms with Gasteiger partial charge in [0.25, 0.3) is 5.56 Å². The van der Waals surface area contributed by atoms with Gasteiger partial charge < -0.3 is 4.74 Å². The lowest BCUT2D eigenvalue weighted by molar-refractivity contribution is 0.184. The van der Waals surface area contributed by atoms with Crippen molar-refractivity contribution in [3.63, 3.8) is 0 Å². The molecule has 3 heterocycles. The molecule has 8 heteroatoms. The van der Waals surface area contributed by atoms with E-state index in [0.717, 1.165) is 28.9 Å². The highest BCUT2D eigenvalue weighted by atomic mass is 16.5. The maximum Gasteiger partial charge on any atom is 0.332 e. The molecule has 0 aliphatic rings. The molecule has 0 aliphatic heterocycles. The Labute approximate surface area is 189 Å². The molecule has 0 fully saturated rings. The Morgan fingerprint density at radius 3 is 2.45 bits per heavy atom. The summed E-state index contributed by atoms with van der Waals surface area (Å²) in [5.74, 6) is 0.585. The van der Waals surface area contributed by atoms with Gasteiger partial charge in [0.2, 0.25) is 5.78 Å². The van der Waals surface area contributed by atoms with E-state index in [9.17, 15) is 9.59 Å². The second-order valence-electron chi connectivity index (χ2n) is 7.94. The maximum atomic E-state index is 13.4. The van der Waals surface area contributed by atoms with Crippen molar-refractivity contribution in [3.8, 4) is 16.9 Å². The van der Waals surface area contributed by atoms with Crippen LogP contribution in [0, 0.1) is 0 Å². The highest BCUT2D eigenvalue weighted by Crippen LogP contribution is 2.30. The summed E-state index contributed by atoms with van der Waals surface area (Å²) in [7, 11) is 3.19. The number of hydrogen-bond acceptors (Lipinski definition) is 4. The van der Waals surface area contributed by atoms with Crippen LogP contribution in [-0.2, 0) is 24.8 Å². The van der Waals surface area contributed by atoms with Crippen LogP contribution in [0.5, 0.6) is 0 Å². The van der Waals surface area contributed by atoms with Crippen LogP contribution in [0.15, 0.2) is 70.4 Å². The summed E-state index contributed by atoms with van der Waals surface area (Å²) in [4.78, 5) is 31.1. The molecule has 0 bridgehead atoms. The zero-order valence-corrected chi connectivity index (χ0v) is 18.9.